The molecule has 0 aromatic carbocycles. The Balaban J connectivity index is 0.00000264. The van der Waals surface area contributed by atoms with E-state index >= 15 is 0 Å². The number of hydrogen-bond donors (Lipinski definition) is 2. The van der Waals surface area contributed by atoms with Crippen LogP contribution in [-0.2, 0) is 11.2 Å². The number of aliphatic imine (C=N–C) groups is 1. The second-order valence-corrected chi connectivity index (χ2v) is 6.99. The molecule has 0 spiro atoms. The minimum absolute atomic E-state index is 0. The number of thiophene rings is 1. The molecular formula is C17H30IN3OS. The van der Waals surface area contributed by atoms with E-state index in [1.54, 1.807) is 0 Å². The van der Waals surface area contributed by atoms with Crippen LogP contribution in [0.25, 0.3) is 0 Å². The first-order chi connectivity index (χ1) is 10.8. The standard InChI is InChI=1S/C17H29N3OS.HI/c1-3-18-17(19-9-8-15-6-4-10-21-15)20-13-14(2)12-16-7-5-11-22-16;/h5,7,11,14-15H,3-4,6,8-10,12-13H2,1-2H3,(H2,18,19,20);1H. The maximum Gasteiger partial charge on any atom is 0.191 e. The largest absolute Gasteiger partial charge is 0.378 e. The molecule has 2 unspecified atom stereocenters. The van der Waals surface area contributed by atoms with Gasteiger partial charge < -0.3 is 15.4 Å². The third-order valence-electron chi connectivity index (χ3n) is 3.82. The van der Waals surface area contributed by atoms with Crippen molar-refractivity contribution < 1.29 is 4.74 Å². The first kappa shape index (κ1) is 20.7. The van der Waals surface area contributed by atoms with Crippen molar-refractivity contribution >= 4 is 41.3 Å². The van der Waals surface area contributed by atoms with Gasteiger partial charge >= 0.3 is 0 Å². The Kier molecular flexibility index (Phi) is 10.9. The predicted octanol–water partition coefficient (Wildman–Crippen LogP) is 3.67. The summed E-state index contributed by atoms with van der Waals surface area (Å²) in [4.78, 5) is 6.16. The van der Waals surface area contributed by atoms with Gasteiger partial charge in [-0.2, -0.15) is 0 Å². The summed E-state index contributed by atoms with van der Waals surface area (Å²) < 4.78 is 5.65. The zero-order valence-electron chi connectivity index (χ0n) is 14.2. The molecule has 1 fully saturated rings. The lowest BCUT2D eigenvalue weighted by atomic mass is 10.1. The van der Waals surface area contributed by atoms with E-state index in [4.69, 9.17) is 9.73 Å². The Labute approximate surface area is 161 Å². The summed E-state index contributed by atoms with van der Waals surface area (Å²) in [6.07, 6.45) is 5.02. The van der Waals surface area contributed by atoms with Gasteiger partial charge in [0.05, 0.1) is 6.10 Å². The van der Waals surface area contributed by atoms with Gasteiger partial charge in [0.15, 0.2) is 5.96 Å². The third-order valence-corrected chi connectivity index (χ3v) is 4.72. The van der Waals surface area contributed by atoms with Crippen molar-refractivity contribution in [2.24, 2.45) is 10.9 Å². The Morgan fingerprint density at radius 3 is 3.00 bits per heavy atom. The van der Waals surface area contributed by atoms with E-state index in [1.807, 2.05) is 11.3 Å². The molecule has 0 amide bonds. The molecule has 2 heterocycles. The van der Waals surface area contributed by atoms with Gasteiger partial charge in [-0.15, -0.1) is 35.3 Å². The molecule has 1 aromatic heterocycles. The predicted molar refractivity (Wildman–Crippen MR) is 110 cm³/mol. The number of ether oxygens (including phenoxy) is 1. The van der Waals surface area contributed by atoms with Crippen LogP contribution in [-0.4, -0.2) is 38.3 Å². The summed E-state index contributed by atoms with van der Waals surface area (Å²) in [5, 5.41) is 8.89. The Morgan fingerprint density at radius 1 is 1.48 bits per heavy atom. The van der Waals surface area contributed by atoms with Gasteiger partial charge in [0.2, 0.25) is 0 Å². The topological polar surface area (TPSA) is 45.7 Å². The van der Waals surface area contributed by atoms with Gasteiger partial charge in [-0.3, -0.25) is 4.99 Å². The summed E-state index contributed by atoms with van der Waals surface area (Å²) in [6, 6.07) is 4.32. The molecule has 1 aromatic rings. The molecule has 132 valence electrons. The molecule has 2 rings (SSSR count). The molecule has 23 heavy (non-hydrogen) atoms. The molecule has 0 bridgehead atoms. The molecule has 2 N–H and O–H groups in total. The van der Waals surface area contributed by atoms with Crippen molar-refractivity contribution in [1.29, 1.82) is 0 Å². The maximum atomic E-state index is 5.65. The van der Waals surface area contributed by atoms with Crippen molar-refractivity contribution in [3.05, 3.63) is 22.4 Å². The highest BCUT2D eigenvalue weighted by molar-refractivity contribution is 14.0. The Hall–Kier alpha value is -0.340. The zero-order valence-corrected chi connectivity index (χ0v) is 17.4. The molecule has 4 nitrogen and oxygen atoms in total. The summed E-state index contributed by atoms with van der Waals surface area (Å²) in [6.45, 7) is 7.97. The highest BCUT2D eigenvalue weighted by Crippen LogP contribution is 2.15. The molecule has 1 aliphatic rings. The van der Waals surface area contributed by atoms with Crippen LogP contribution < -0.4 is 10.6 Å². The van der Waals surface area contributed by atoms with Crippen molar-refractivity contribution in [2.45, 2.75) is 45.6 Å². The number of rotatable bonds is 8. The zero-order chi connectivity index (χ0) is 15.6. The minimum Gasteiger partial charge on any atom is -0.378 e. The lowest BCUT2D eigenvalue weighted by molar-refractivity contribution is 0.105. The summed E-state index contributed by atoms with van der Waals surface area (Å²) in [7, 11) is 0. The van der Waals surface area contributed by atoms with Crippen LogP contribution in [0.3, 0.4) is 0 Å². The number of halogens is 1. The van der Waals surface area contributed by atoms with Crippen molar-refractivity contribution in [3.63, 3.8) is 0 Å². The molecule has 0 saturated carbocycles. The van der Waals surface area contributed by atoms with Crippen LogP contribution >= 0.6 is 35.3 Å². The SMILES string of the molecule is CCNC(=NCC(C)Cc1cccs1)NCCC1CCCO1.I. The van der Waals surface area contributed by atoms with Gasteiger partial charge in [0.1, 0.15) is 0 Å². The van der Waals surface area contributed by atoms with Crippen LogP contribution in [0, 0.1) is 5.92 Å². The van der Waals surface area contributed by atoms with Crippen LogP contribution in [0.4, 0.5) is 0 Å². The summed E-state index contributed by atoms with van der Waals surface area (Å²) >= 11 is 1.83. The van der Waals surface area contributed by atoms with Crippen molar-refractivity contribution in [1.82, 2.24) is 10.6 Å². The first-order valence-corrected chi connectivity index (χ1v) is 9.32. The van der Waals surface area contributed by atoms with Gasteiger partial charge in [-0.1, -0.05) is 13.0 Å². The molecule has 1 saturated heterocycles. The average Bonchev–Trinajstić information content (AvgIpc) is 3.18. The van der Waals surface area contributed by atoms with Gasteiger partial charge in [-0.25, -0.2) is 0 Å². The third kappa shape index (κ3) is 8.35. The second kappa shape index (κ2) is 12.1. The monoisotopic (exact) mass is 451 g/mol. The smallest absolute Gasteiger partial charge is 0.191 e. The van der Waals surface area contributed by atoms with Crippen molar-refractivity contribution in [3.8, 4) is 0 Å². The normalized spacial score (nSPS) is 19.2. The number of nitrogens with zero attached hydrogens (tertiary/aromatic N) is 1. The van der Waals surface area contributed by atoms with E-state index in [1.165, 1.54) is 17.7 Å². The Morgan fingerprint density at radius 2 is 2.35 bits per heavy atom. The van der Waals surface area contributed by atoms with E-state index < -0.39 is 0 Å². The Bertz CT molecular complexity index is 433. The quantitative estimate of drug-likeness (QED) is 0.360. The molecule has 1 aliphatic heterocycles. The highest BCUT2D eigenvalue weighted by atomic mass is 127. The highest BCUT2D eigenvalue weighted by Gasteiger charge is 2.14. The summed E-state index contributed by atoms with van der Waals surface area (Å²) in [5.74, 6) is 1.49. The fourth-order valence-electron chi connectivity index (χ4n) is 2.65. The fraction of sp³-hybridized carbons (Fsp3) is 0.706. The van der Waals surface area contributed by atoms with Crippen LogP contribution in [0.5, 0.6) is 0 Å². The molecule has 0 radical (unpaired) electrons. The van der Waals surface area contributed by atoms with Crippen LogP contribution in [0.15, 0.2) is 22.5 Å². The van der Waals surface area contributed by atoms with Crippen LogP contribution in [0.2, 0.25) is 0 Å². The number of nitrogens with one attached hydrogen (secondary N) is 2. The van der Waals surface area contributed by atoms with Gasteiger partial charge in [0.25, 0.3) is 0 Å². The molecule has 6 heteroatoms. The first-order valence-electron chi connectivity index (χ1n) is 8.44. The second-order valence-electron chi connectivity index (χ2n) is 5.96. The van der Waals surface area contributed by atoms with E-state index in [0.29, 0.717) is 12.0 Å². The number of hydrogen-bond acceptors (Lipinski definition) is 3. The molecular weight excluding hydrogens is 421 g/mol. The molecule has 2 atom stereocenters. The van der Waals surface area contributed by atoms with Crippen LogP contribution in [0.1, 0.15) is 38.0 Å². The molecule has 0 aliphatic carbocycles. The van der Waals surface area contributed by atoms with Crippen molar-refractivity contribution in [2.75, 3.05) is 26.2 Å². The lowest BCUT2D eigenvalue weighted by Gasteiger charge is -2.15. The van der Waals surface area contributed by atoms with E-state index in [-0.39, 0.29) is 24.0 Å². The summed E-state index contributed by atoms with van der Waals surface area (Å²) in [5.41, 5.74) is 0. The number of guanidine groups is 1. The maximum absolute atomic E-state index is 5.65. The van der Waals surface area contributed by atoms with E-state index in [9.17, 15) is 0 Å². The average molecular weight is 451 g/mol. The van der Waals surface area contributed by atoms with E-state index in [2.05, 4.69) is 42.0 Å². The lowest BCUT2D eigenvalue weighted by Crippen LogP contribution is -2.39. The minimum atomic E-state index is 0. The van der Waals surface area contributed by atoms with Gasteiger partial charge in [-0.05, 0) is 50.0 Å². The van der Waals surface area contributed by atoms with E-state index in [0.717, 1.165) is 45.0 Å². The van der Waals surface area contributed by atoms with Gasteiger partial charge in [0, 0.05) is 31.1 Å². The fourth-order valence-corrected chi connectivity index (χ4v) is 3.52.